The van der Waals surface area contributed by atoms with Crippen LogP contribution in [-0.2, 0) is 28.9 Å². The van der Waals surface area contributed by atoms with Crippen LogP contribution < -0.4 is 0 Å². The molecule has 1 atom stereocenters. The zero-order valence-electron chi connectivity index (χ0n) is 13.0. The molecule has 8 nitrogen and oxygen atoms in total. The molecule has 0 spiro atoms. The molecule has 1 fully saturated rings. The fourth-order valence-corrected chi connectivity index (χ4v) is 2.73. The quantitative estimate of drug-likeness (QED) is 0.241. The second kappa shape index (κ2) is 11.5. The summed E-state index contributed by atoms with van der Waals surface area (Å²) in [6, 6.07) is 0. The van der Waals surface area contributed by atoms with Crippen LogP contribution in [0.2, 0.25) is 0 Å². The lowest BCUT2D eigenvalue weighted by Crippen LogP contribution is -2.19. The third-order valence-corrected chi connectivity index (χ3v) is 3.99. The van der Waals surface area contributed by atoms with E-state index >= 15 is 0 Å². The maximum atomic E-state index is 10.5. The summed E-state index contributed by atoms with van der Waals surface area (Å²) in [6.07, 6.45) is 7.84. The Morgan fingerprint density at radius 3 is 2.50 bits per heavy atom. The summed E-state index contributed by atoms with van der Waals surface area (Å²) >= 11 is 0. The first-order valence-corrected chi connectivity index (χ1v) is 9.40. The number of phosphoric ester groups is 1. The SMILES string of the molecule is CCCC(CCCOP(=O)(O)O)OOOOC1CCCCC1. The van der Waals surface area contributed by atoms with Gasteiger partial charge in [-0.15, -0.1) is 0 Å². The molecule has 1 aliphatic rings. The Morgan fingerprint density at radius 2 is 1.86 bits per heavy atom. The molecule has 2 N–H and O–H groups in total. The predicted molar refractivity (Wildman–Crippen MR) is 77.1 cm³/mol. The lowest BCUT2D eigenvalue weighted by molar-refractivity contribution is -0.650. The van der Waals surface area contributed by atoms with Gasteiger partial charge in [-0.3, -0.25) is 4.52 Å². The van der Waals surface area contributed by atoms with Crippen LogP contribution in [0.1, 0.15) is 64.7 Å². The highest BCUT2D eigenvalue weighted by atomic mass is 31.2. The Kier molecular flexibility index (Phi) is 10.4. The summed E-state index contributed by atoms with van der Waals surface area (Å²) in [6.45, 7) is 1.97. The monoisotopic (exact) mass is 342 g/mol. The summed E-state index contributed by atoms with van der Waals surface area (Å²) in [5.41, 5.74) is 0. The lowest BCUT2D eigenvalue weighted by Gasteiger charge is -2.20. The van der Waals surface area contributed by atoms with Gasteiger partial charge in [-0.2, -0.15) is 0 Å². The van der Waals surface area contributed by atoms with E-state index in [2.05, 4.69) is 14.6 Å². The van der Waals surface area contributed by atoms with Gasteiger partial charge in [-0.1, -0.05) is 32.6 Å². The van der Waals surface area contributed by atoms with Gasteiger partial charge in [0.1, 0.15) is 0 Å². The van der Waals surface area contributed by atoms with Gasteiger partial charge in [0.15, 0.2) is 0 Å². The van der Waals surface area contributed by atoms with Gasteiger partial charge in [0, 0.05) is 0 Å². The van der Waals surface area contributed by atoms with Crippen LogP contribution in [0.15, 0.2) is 0 Å². The number of rotatable bonds is 12. The average Bonchev–Trinajstić information content (AvgIpc) is 2.48. The molecular weight excluding hydrogens is 315 g/mol. The second-order valence-corrected chi connectivity index (χ2v) is 6.70. The largest absolute Gasteiger partial charge is 0.469 e. The van der Waals surface area contributed by atoms with E-state index in [1.807, 2.05) is 6.92 Å². The molecule has 22 heavy (non-hydrogen) atoms. The zero-order chi connectivity index (χ0) is 16.3. The summed E-state index contributed by atoms with van der Waals surface area (Å²) in [5, 5.41) is 9.26. The van der Waals surface area contributed by atoms with Crippen molar-refractivity contribution in [3.05, 3.63) is 0 Å². The van der Waals surface area contributed by atoms with Crippen LogP contribution in [0.3, 0.4) is 0 Å². The molecule has 0 amide bonds. The van der Waals surface area contributed by atoms with Gasteiger partial charge in [0.2, 0.25) is 0 Å². The normalized spacial score (nSPS) is 18.5. The Balaban J connectivity index is 2.07. The van der Waals surface area contributed by atoms with Crippen molar-refractivity contribution in [3.63, 3.8) is 0 Å². The van der Waals surface area contributed by atoms with E-state index in [9.17, 15) is 4.57 Å². The van der Waals surface area contributed by atoms with E-state index in [0.717, 1.165) is 38.5 Å². The van der Waals surface area contributed by atoms with Crippen LogP contribution in [0.4, 0.5) is 0 Å². The molecule has 1 rings (SSSR count). The van der Waals surface area contributed by atoms with Crippen LogP contribution >= 0.6 is 7.82 Å². The molecule has 9 heteroatoms. The summed E-state index contributed by atoms with van der Waals surface area (Å²) in [7, 11) is -4.40. The maximum Gasteiger partial charge on any atom is 0.469 e. The van der Waals surface area contributed by atoms with Crippen molar-refractivity contribution < 1.29 is 38.7 Å². The summed E-state index contributed by atoms with van der Waals surface area (Å²) in [5.74, 6) is 0. The minimum absolute atomic E-state index is 0.0344. The van der Waals surface area contributed by atoms with E-state index in [1.54, 1.807) is 0 Å². The highest BCUT2D eigenvalue weighted by Gasteiger charge is 2.17. The first-order valence-electron chi connectivity index (χ1n) is 7.87. The number of phosphoric acid groups is 1. The van der Waals surface area contributed by atoms with Crippen molar-refractivity contribution in [1.29, 1.82) is 0 Å². The van der Waals surface area contributed by atoms with Gasteiger partial charge in [0.25, 0.3) is 0 Å². The number of hydrogen-bond donors (Lipinski definition) is 2. The fraction of sp³-hybridized carbons (Fsp3) is 1.00. The third kappa shape index (κ3) is 10.6. The van der Waals surface area contributed by atoms with Gasteiger partial charge < -0.3 is 9.79 Å². The zero-order valence-corrected chi connectivity index (χ0v) is 13.9. The molecule has 0 bridgehead atoms. The number of hydrogen-bond acceptors (Lipinski definition) is 6. The smallest absolute Gasteiger partial charge is 0.303 e. The average molecular weight is 342 g/mol. The molecule has 1 unspecified atom stereocenters. The fourth-order valence-electron chi connectivity index (χ4n) is 2.36. The lowest BCUT2D eigenvalue weighted by atomic mass is 9.98. The van der Waals surface area contributed by atoms with Gasteiger partial charge in [0.05, 0.1) is 18.8 Å². The third-order valence-electron chi connectivity index (χ3n) is 3.47. The molecule has 1 saturated carbocycles. The van der Waals surface area contributed by atoms with Gasteiger partial charge in [-0.05, 0) is 42.2 Å². The Labute approximate surface area is 131 Å². The maximum absolute atomic E-state index is 10.5. The summed E-state index contributed by atoms with van der Waals surface area (Å²) < 4.78 is 14.9. The first-order chi connectivity index (χ1) is 10.5. The Bertz CT molecular complexity index is 315. The molecule has 0 heterocycles. The molecular formula is C13H27O8P. The molecule has 0 aromatic rings. The minimum Gasteiger partial charge on any atom is -0.303 e. The molecule has 0 aromatic heterocycles. The second-order valence-electron chi connectivity index (χ2n) is 5.47. The van der Waals surface area contributed by atoms with Crippen molar-refractivity contribution >= 4 is 7.82 Å². The van der Waals surface area contributed by atoms with Gasteiger partial charge in [-0.25, -0.2) is 14.3 Å². The molecule has 0 aromatic carbocycles. The van der Waals surface area contributed by atoms with E-state index in [-0.39, 0.29) is 18.8 Å². The molecule has 132 valence electrons. The molecule has 0 saturated heterocycles. The topological polar surface area (TPSA) is 104 Å². The van der Waals surface area contributed by atoms with E-state index < -0.39 is 7.82 Å². The van der Waals surface area contributed by atoms with Crippen molar-refractivity contribution in [1.82, 2.24) is 0 Å². The predicted octanol–water partition coefficient (Wildman–Crippen LogP) is 3.19. The Hall–Kier alpha value is -0.0500. The first kappa shape index (κ1) is 20.0. The van der Waals surface area contributed by atoms with E-state index in [0.29, 0.717) is 12.8 Å². The van der Waals surface area contributed by atoms with Crippen molar-refractivity contribution in [3.8, 4) is 0 Å². The highest BCUT2D eigenvalue weighted by Crippen LogP contribution is 2.35. The Morgan fingerprint density at radius 1 is 1.14 bits per heavy atom. The highest BCUT2D eigenvalue weighted by molar-refractivity contribution is 7.46. The van der Waals surface area contributed by atoms with Gasteiger partial charge >= 0.3 is 7.82 Å². The van der Waals surface area contributed by atoms with Crippen LogP contribution in [0.5, 0.6) is 0 Å². The molecule has 1 aliphatic carbocycles. The van der Waals surface area contributed by atoms with Crippen LogP contribution in [0.25, 0.3) is 0 Å². The minimum atomic E-state index is -4.40. The van der Waals surface area contributed by atoms with E-state index in [1.165, 1.54) is 6.42 Å². The van der Waals surface area contributed by atoms with Crippen LogP contribution in [0, 0.1) is 0 Å². The standard InChI is InChI=1S/C13H27O8P/c1-2-7-12(10-6-11-17-22(14,15)16)18-20-21-19-13-8-4-3-5-9-13/h12-13H,2-11H2,1H3,(H2,14,15,16). The van der Waals surface area contributed by atoms with Crippen molar-refractivity contribution in [2.75, 3.05) is 6.61 Å². The van der Waals surface area contributed by atoms with E-state index in [4.69, 9.17) is 19.6 Å². The molecule has 0 aliphatic heterocycles. The molecule has 0 radical (unpaired) electrons. The van der Waals surface area contributed by atoms with Crippen LogP contribution in [-0.4, -0.2) is 28.6 Å². The van der Waals surface area contributed by atoms with Crippen molar-refractivity contribution in [2.45, 2.75) is 76.9 Å². The summed E-state index contributed by atoms with van der Waals surface area (Å²) in [4.78, 5) is 27.4. The van der Waals surface area contributed by atoms with Crippen molar-refractivity contribution in [2.24, 2.45) is 0 Å².